The molecule has 0 bridgehead atoms. The zero-order valence-corrected chi connectivity index (χ0v) is 34.6. The van der Waals surface area contributed by atoms with Crippen molar-refractivity contribution in [3.63, 3.8) is 0 Å². The molecule has 1 aromatic heterocycles. The van der Waals surface area contributed by atoms with Gasteiger partial charge in [-0.2, -0.15) is 8.78 Å². The number of benzene rings is 3. The van der Waals surface area contributed by atoms with Crippen molar-refractivity contribution in [3.05, 3.63) is 87.5 Å². The first kappa shape index (κ1) is 42.8. The van der Waals surface area contributed by atoms with Gasteiger partial charge >= 0.3 is 0 Å². The zero-order chi connectivity index (χ0) is 42.7. The van der Waals surface area contributed by atoms with Gasteiger partial charge in [0.05, 0.1) is 19.7 Å². The molecule has 7 rings (SSSR count). The number of carbonyl (C=O) groups is 3. The van der Waals surface area contributed by atoms with Crippen molar-refractivity contribution in [1.29, 1.82) is 0 Å². The number of piperidine rings is 2. The summed E-state index contributed by atoms with van der Waals surface area (Å²) >= 11 is 0. The van der Waals surface area contributed by atoms with E-state index in [0.717, 1.165) is 80.2 Å². The second-order valence-corrected chi connectivity index (χ2v) is 16.2. The summed E-state index contributed by atoms with van der Waals surface area (Å²) in [5, 5.41) is 15.6. The van der Waals surface area contributed by atoms with Crippen molar-refractivity contribution >= 4 is 34.4 Å². The molecule has 4 heterocycles. The Labute approximate surface area is 347 Å². The van der Waals surface area contributed by atoms with E-state index in [-0.39, 0.29) is 48.5 Å². The Hall–Kier alpha value is -5.28. The predicted molar refractivity (Wildman–Crippen MR) is 220 cm³/mol. The molecule has 3 aromatic carbocycles. The lowest BCUT2D eigenvalue weighted by Crippen LogP contribution is -2.52. The monoisotopic (exact) mass is 830 g/mol. The number of halogens is 3. The lowest BCUT2D eigenvalue weighted by molar-refractivity contribution is -0.136. The lowest BCUT2D eigenvalue weighted by Gasteiger charge is -2.32. The highest BCUT2D eigenvalue weighted by atomic mass is 19.3. The summed E-state index contributed by atoms with van der Waals surface area (Å²) in [4.78, 5) is 50.6. The third-order valence-corrected chi connectivity index (χ3v) is 12.2. The molecule has 2 fully saturated rings. The number of aryl methyl sites for hydroxylation is 2. The van der Waals surface area contributed by atoms with Crippen LogP contribution in [0.1, 0.15) is 114 Å². The van der Waals surface area contributed by atoms with Crippen LogP contribution in [0.5, 0.6) is 11.5 Å². The van der Waals surface area contributed by atoms with Crippen LogP contribution in [0.25, 0.3) is 10.9 Å². The van der Waals surface area contributed by atoms with E-state index in [4.69, 9.17) is 19.4 Å². The zero-order valence-electron chi connectivity index (χ0n) is 34.6. The highest BCUT2D eigenvalue weighted by Gasteiger charge is 2.40. The normalized spacial score (nSPS) is 18.2. The summed E-state index contributed by atoms with van der Waals surface area (Å²) in [6.07, 6.45) is 6.65. The highest BCUT2D eigenvalue weighted by Crippen LogP contribution is 2.41. The van der Waals surface area contributed by atoms with Gasteiger partial charge in [-0.05, 0) is 113 Å². The number of aliphatic hydroxyl groups excluding tert-OH is 1. The third-order valence-electron chi connectivity index (χ3n) is 12.2. The first-order valence-corrected chi connectivity index (χ1v) is 20.8. The minimum Gasteiger partial charge on any atom is -0.493 e. The molecule has 4 aromatic rings. The Bertz CT molecular complexity index is 2260. The van der Waals surface area contributed by atoms with Gasteiger partial charge in [-0.3, -0.25) is 19.7 Å². The Kier molecular flexibility index (Phi) is 13.0. The number of ether oxygens (including phenoxy) is 2. The summed E-state index contributed by atoms with van der Waals surface area (Å²) < 4.78 is 55.7. The summed E-state index contributed by atoms with van der Waals surface area (Å²) in [5.74, 6) is -2.65. The maximum atomic E-state index is 15.5. The van der Waals surface area contributed by atoms with E-state index in [9.17, 15) is 28.3 Å². The molecule has 15 heteroatoms. The average molecular weight is 831 g/mol. The average Bonchev–Trinajstić information content (AvgIpc) is 3.55. The molecule has 0 aliphatic carbocycles. The van der Waals surface area contributed by atoms with Crippen LogP contribution in [-0.4, -0.2) is 89.1 Å². The van der Waals surface area contributed by atoms with E-state index < -0.39 is 30.5 Å². The molecular formula is C45H53F3N6O6. The molecule has 2 atom stereocenters. The number of likely N-dealkylation sites (tertiary alicyclic amines) is 1. The number of unbranched alkanes of at least 4 members (excludes halogenated alkanes) is 3. The fourth-order valence-corrected chi connectivity index (χ4v) is 8.91. The van der Waals surface area contributed by atoms with Crippen LogP contribution in [0.2, 0.25) is 0 Å². The van der Waals surface area contributed by atoms with Gasteiger partial charge in [0, 0.05) is 41.1 Å². The highest BCUT2D eigenvalue weighted by molar-refractivity contribution is 6.05. The Balaban J connectivity index is 0.930. The first-order chi connectivity index (χ1) is 28.8. The minimum atomic E-state index is -3.35. The van der Waals surface area contributed by atoms with E-state index in [0.29, 0.717) is 46.3 Å². The summed E-state index contributed by atoms with van der Waals surface area (Å²) in [5.41, 5.74) is 3.64. The molecule has 0 radical (unpaired) electrons. The molecule has 0 saturated carbocycles. The number of nitrogens with zero attached hydrogens (tertiary/aromatic N) is 4. The van der Waals surface area contributed by atoms with Crippen molar-refractivity contribution in [2.75, 3.05) is 45.8 Å². The summed E-state index contributed by atoms with van der Waals surface area (Å²) in [7, 11) is 3.19. The Morgan fingerprint density at radius 1 is 1.00 bits per heavy atom. The molecule has 3 aliphatic rings. The van der Waals surface area contributed by atoms with Crippen LogP contribution in [0, 0.1) is 12.7 Å². The fraction of sp³-hybridized carbons (Fsp3) is 0.489. The molecule has 2 saturated heterocycles. The number of alkyl halides is 2. The number of aliphatic hydroxyl groups is 1. The topological polar surface area (TPSA) is 146 Å². The number of carbonyl (C=O) groups excluding carboxylic acids is 3. The van der Waals surface area contributed by atoms with E-state index in [1.807, 2.05) is 26.0 Å². The lowest BCUT2D eigenvalue weighted by atomic mass is 9.87. The number of hydrogen-bond donors (Lipinski definition) is 3. The minimum absolute atomic E-state index is 0.0430. The standard InChI is InChI=1S/C45H53F3N6O6/c1-26(29-10-9-11-31(20-29)45(47,48)25-55)49-42-35-23-38(59-3)41(60-4)32(40(35)50-27(2)51-42)12-7-5-6-8-17-53-18-15-28(16-19-53)33-21-30-24-54(44(58)34(30)22-36(33)46)37-13-14-39(56)52-43(37)57/h9-11,20-23,26,28,37,55H,5-8,12-19,24-25H2,1-4H3,(H,49,50,51)(H,52,56,57). The third kappa shape index (κ3) is 8.92. The predicted octanol–water partition coefficient (Wildman–Crippen LogP) is 7.10. The van der Waals surface area contributed by atoms with Gasteiger partial charge in [-0.15, -0.1) is 0 Å². The smallest absolute Gasteiger partial charge is 0.295 e. The number of fused-ring (bicyclic) bond motifs is 2. The molecule has 12 nitrogen and oxygen atoms in total. The van der Waals surface area contributed by atoms with Crippen LogP contribution in [0.15, 0.2) is 42.5 Å². The SMILES string of the molecule is COc1cc2c(NC(C)c3cccc(C(F)(F)CO)c3)nc(C)nc2c(CCCCCCN2CCC(c3cc4c(cc3F)C(=O)N(C3CCC(=O)NC3=O)C4)CC2)c1OC. The number of amides is 3. The number of aromatic nitrogens is 2. The molecule has 3 aliphatic heterocycles. The van der Waals surface area contributed by atoms with E-state index in [1.54, 1.807) is 26.4 Å². The van der Waals surface area contributed by atoms with Crippen LogP contribution >= 0.6 is 0 Å². The van der Waals surface area contributed by atoms with Crippen LogP contribution in [0.3, 0.4) is 0 Å². The van der Waals surface area contributed by atoms with E-state index in [2.05, 4.69) is 15.5 Å². The molecular weight excluding hydrogens is 778 g/mol. The maximum absolute atomic E-state index is 15.5. The summed E-state index contributed by atoms with van der Waals surface area (Å²) in [6.45, 7) is 5.28. The van der Waals surface area contributed by atoms with Gasteiger partial charge in [-0.25, -0.2) is 14.4 Å². The largest absolute Gasteiger partial charge is 0.493 e. The van der Waals surface area contributed by atoms with E-state index in [1.165, 1.54) is 23.1 Å². The number of rotatable bonds is 16. The van der Waals surface area contributed by atoms with Gasteiger partial charge in [0.1, 0.15) is 30.1 Å². The van der Waals surface area contributed by atoms with E-state index >= 15 is 4.39 Å². The van der Waals surface area contributed by atoms with Crippen molar-refractivity contribution in [1.82, 2.24) is 25.1 Å². The van der Waals surface area contributed by atoms with Crippen molar-refractivity contribution < 1.29 is 42.1 Å². The maximum Gasteiger partial charge on any atom is 0.295 e. The van der Waals surface area contributed by atoms with Crippen molar-refractivity contribution in [2.45, 2.75) is 102 Å². The second kappa shape index (κ2) is 18.1. The Morgan fingerprint density at radius 3 is 2.48 bits per heavy atom. The number of anilines is 1. The number of imide groups is 1. The molecule has 3 amide bonds. The molecule has 320 valence electrons. The van der Waals surface area contributed by atoms with Gasteiger partial charge in [-0.1, -0.05) is 37.1 Å². The van der Waals surface area contributed by atoms with Gasteiger partial charge in [0.15, 0.2) is 11.5 Å². The van der Waals surface area contributed by atoms with Crippen LogP contribution in [-0.2, 0) is 28.5 Å². The molecule has 3 N–H and O–H groups in total. The van der Waals surface area contributed by atoms with Gasteiger partial charge in [0.2, 0.25) is 11.8 Å². The van der Waals surface area contributed by atoms with Crippen LogP contribution < -0.4 is 20.1 Å². The first-order valence-electron chi connectivity index (χ1n) is 20.8. The number of nitrogens with one attached hydrogen (secondary N) is 2. The van der Waals surface area contributed by atoms with Crippen LogP contribution in [0.4, 0.5) is 19.0 Å². The van der Waals surface area contributed by atoms with Gasteiger partial charge < -0.3 is 29.7 Å². The summed E-state index contributed by atoms with van der Waals surface area (Å²) in [6, 6.07) is 9.85. The van der Waals surface area contributed by atoms with Crippen molar-refractivity contribution in [3.8, 4) is 11.5 Å². The number of methoxy groups -OCH3 is 2. The molecule has 60 heavy (non-hydrogen) atoms. The fourth-order valence-electron chi connectivity index (χ4n) is 8.91. The van der Waals surface area contributed by atoms with Crippen molar-refractivity contribution in [2.24, 2.45) is 0 Å². The molecule has 0 spiro atoms. The second-order valence-electron chi connectivity index (χ2n) is 16.2. The number of hydrogen-bond acceptors (Lipinski definition) is 10. The van der Waals surface area contributed by atoms with Gasteiger partial charge in [0.25, 0.3) is 11.8 Å². The quantitative estimate of drug-likeness (QED) is 0.0790. The Morgan fingerprint density at radius 2 is 1.77 bits per heavy atom. The molecule has 2 unspecified atom stereocenters.